The Morgan fingerprint density at radius 2 is 2.00 bits per heavy atom. The maximum absolute atomic E-state index is 12.5. The highest BCUT2D eigenvalue weighted by atomic mass is 16.4. The first-order valence-corrected chi connectivity index (χ1v) is 9.79. The zero-order valence-corrected chi connectivity index (χ0v) is 16.5. The van der Waals surface area contributed by atoms with Crippen molar-refractivity contribution >= 4 is 23.0 Å². The number of H-pyrrole nitrogens is 1. The Labute approximate surface area is 172 Å². The van der Waals surface area contributed by atoms with Crippen molar-refractivity contribution in [3.8, 4) is 11.1 Å². The van der Waals surface area contributed by atoms with Crippen LogP contribution in [0.1, 0.15) is 18.4 Å². The standard InChI is InChI=1S/C21H21N7O2/c1-27-11-15(10-26-27)14-3-2-4-16(9-14)21(20(29)30)5-7-28(8-6-21)19-17-18(23-12-22-17)24-13-25-19/h2-4,9-13H,5-8H2,1H3,(H,29,30)(H,22,23,24,25). The van der Waals surface area contributed by atoms with Crippen LogP contribution in [0.25, 0.3) is 22.3 Å². The van der Waals surface area contributed by atoms with Gasteiger partial charge in [0.1, 0.15) is 11.8 Å². The lowest BCUT2D eigenvalue weighted by molar-refractivity contribution is -0.144. The zero-order chi connectivity index (χ0) is 20.7. The summed E-state index contributed by atoms with van der Waals surface area (Å²) in [5.41, 5.74) is 3.21. The first-order chi connectivity index (χ1) is 14.6. The molecule has 0 bridgehead atoms. The molecule has 1 saturated heterocycles. The number of rotatable bonds is 4. The van der Waals surface area contributed by atoms with E-state index in [9.17, 15) is 9.90 Å². The van der Waals surface area contributed by atoms with Crippen LogP contribution in [0.5, 0.6) is 0 Å². The Morgan fingerprint density at radius 1 is 1.17 bits per heavy atom. The number of piperidine rings is 1. The third-order valence-electron chi connectivity index (χ3n) is 5.98. The van der Waals surface area contributed by atoms with Gasteiger partial charge in [-0.15, -0.1) is 0 Å². The van der Waals surface area contributed by atoms with E-state index in [2.05, 4.69) is 29.9 Å². The summed E-state index contributed by atoms with van der Waals surface area (Å²) in [4.78, 5) is 30.5. The number of aryl methyl sites for hydroxylation is 1. The smallest absolute Gasteiger partial charge is 0.314 e. The van der Waals surface area contributed by atoms with Crippen molar-refractivity contribution in [2.75, 3.05) is 18.0 Å². The number of hydrogen-bond donors (Lipinski definition) is 2. The summed E-state index contributed by atoms with van der Waals surface area (Å²) in [6.45, 7) is 1.14. The Kier molecular flexibility index (Phi) is 4.23. The fraction of sp³-hybridized carbons (Fsp3) is 0.286. The largest absolute Gasteiger partial charge is 0.481 e. The number of imidazole rings is 1. The summed E-state index contributed by atoms with van der Waals surface area (Å²) < 4.78 is 1.74. The number of anilines is 1. The normalized spacial score (nSPS) is 16.1. The maximum atomic E-state index is 12.5. The van der Waals surface area contributed by atoms with E-state index in [0.29, 0.717) is 37.1 Å². The number of aliphatic carboxylic acids is 1. The Hall–Kier alpha value is -3.75. The number of nitrogens with zero attached hydrogens (tertiary/aromatic N) is 6. The summed E-state index contributed by atoms with van der Waals surface area (Å²) in [5.74, 6) is -0.0533. The maximum Gasteiger partial charge on any atom is 0.314 e. The number of carbonyl (C=O) groups is 1. The topological polar surface area (TPSA) is 113 Å². The molecule has 4 aromatic rings. The van der Waals surface area contributed by atoms with Crippen LogP contribution in [0, 0.1) is 0 Å². The average molecular weight is 403 g/mol. The van der Waals surface area contributed by atoms with Crippen LogP contribution in [0.3, 0.4) is 0 Å². The van der Waals surface area contributed by atoms with Gasteiger partial charge in [0.2, 0.25) is 0 Å². The number of nitrogens with one attached hydrogen (secondary N) is 1. The van der Waals surface area contributed by atoms with E-state index in [0.717, 1.165) is 22.5 Å². The van der Waals surface area contributed by atoms with Crippen LogP contribution >= 0.6 is 0 Å². The lowest BCUT2D eigenvalue weighted by Crippen LogP contribution is -2.47. The molecule has 1 fully saturated rings. The van der Waals surface area contributed by atoms with Gasteiger partial charge in [-0.1, -0.05) is 18.2 Å². The lowest BCUT2D eigenvalue weighted by atomic mass is 9.72. The van der Waals surface area contributed by atoms with Crippen molar-refractivity contribution in [1.82, 2.24) is 29.7 Å². The second-order valence-electron chi connectivity index (χ2n) is 7.65. The van der Waals surface area contributed by atoms with Gasteiger partial charge in [0.15, 0.2) is 11.5 Å². The number of hydrogen-bond acceptors (Lipinski definition) is 6. The van der Waals surface area contributed by atoms with Gasteiger partial charge in [0.05, 0.1) is 17.9 Å². The second-order valence-corrected chi connectivity index (χ2v) is 7.65. The van der Waals surface area contributed by atoms with E-state index in [-0.39, 0.29) is 0 Å². The molecule has 152 valence electrons. The van der Waals surface area contributed by atoms with Gasteiger partial charge in [-0.25, -0.2) is 15.0 Å². The van der Waals surface area contributed by atoms with E-state index >= 15 is 0 Å². The van der Waals surface area contributed by atoms with Crippen molar-refractivity contribution in [2.45, 2.75) is 18.3 Å². The van der Waals surface area contributed by atoms with Gasteiger partial charge >= 0.3 is 5.97 Å². The molecule has 0 spiro atoms. The van der Waals surface area contributed by atoms with Gasteiger partial charge in [-0.3, -0.25) is 9.48 Å². The fourth-order valence-electron chi connectivity index (χ4n) is 4.28. The number of aromatic amines is 1. The van der Waals surface area contributed by atoms with Crippen LogP contribution in [-0.4, -0.2) is 53.9 Å². The Balaban J connectivity index is 1.46. The minimum atomic E-state index is -0.938. The monoisotopic (exact) mass is 403 g/mol. The molecule has 0 aliphatic carbocycles. The summed E-state index contributed by atoms with van der Waals surface area (Å²) in [7, 11) is 1.87. The molecule has 0 amide bonds. The minimum Gasteiger partial charge on any atom is -0.481 e. The molecule has 9 heteroatoms. The molecule has 1 aliphatic heterocycles. The molecule has 1 aromatic carbocycles. The van der Waals surface area contributed by atoms with Crippen LogP contribution in [0.15, 0.2) is 49.3 Å². The summed E-state index contributed by atoms with van der Waals surface area (Å²) in [6.07, 6.45) is 7.78. The molecule has 4 heterocycles. The summed E-state index contributed by atoms with van der Waals surface area (Å²) >= 11 is 0. The van der Waals surface area contributed by atoms with Gasteiger partial charge in [0, 0.05) is 31.9 Å². The molecule has 9 nitrogen and oxygen atoms in total. The minimum absolute atomic E-state index is 0.481. The van der Waals surface area contributed by atoms with Gasteiger partial charge in [-0.2, -0.15) is 5.10 Å². The van der Waals surface area contributed by atoms with E-state index in [1.165, 1.54) is 6.33 Å². The molecule has 5 rings (SSSR count). The van der Waals surface area contributed by atoms with Crippen LogP contribution in [0.2, 0.25) is 0 Å². The molecular formula is C21H21N7O2. The van der Waals surface area contributed by atoms with Crippen molar-refractivity contribution in [3.63, 3.8) is 0 Å². The quantitative estimate of drug-likeness (QED) is 0.538. The predicted molar refractivity (Wildman–Crippen MR) is 111 cm³/mol. The number of carboxylic acids is 1. The Bertz CT molecular complexity index is 1220. The Morgan fingerprint density at radius 3 is 2.73 bits per heavy atom. The first-order valence-electron chi connectivity index (χ1n) is 9.79. The number of carboxylic acid groups (broad SMARTS) is 1. The highest BCUT2D eigenvalue weighted by Gasteiger charge is 2.43. The highest BCUT2D eigenvalue weighted by Crippen LogP contribution is 2.39. The van der Waals surface area contributed by atoms with Gasteiger partial charge in [-0.05, 0) is 30.0 Å². The molecule has 1 aliphatic rings. The predicted octanol–water partition coefficient (Wildman–Crippen LogP) is 2.38. The molecule has 0 radical (unpaired) electrons. The number of fused-ring (bicyclic) bond motifs is 1. The first kappa shape index (κ1) is 18.3. The third-order valence-corrected chi connectivity index (χ3v) is 5.98. The van der Waals surface area contributed by atoms with Crippen molar-refractivity contribution in [3.05, 3.63) is 54.9 Å². The third kappa shape index (κ3) is 2.90. The molecule has 0 unspecified atom stereocenters. The molecule has 30 heavy (non-hydrogen) atoms. The number of aromatic nitrogens is 6. The fourth-order valence-corrected chi connectivity index (χ4v) is 4.28. The van der Waals surface area contributed by atoms with Gasteiger partial charge in [0.25, 0.3) is 0 Å². The number of benzene rings is 1. The van der Waals surface area contributed by atoms with Crippen molar-refractivity contribution in [2.24, 2.45) is 7.05 Å². The van der Waals surface area contributed by atoms with Crippen LogP contribution < -0.4 is 4.90 Å². The van der Waals surface area contributed by atoms with Crippen LogP contribution in [0.4, 0.5) is 5.82 Å². The summed E-state index contributed by atoms with van der Waals surface area (Å²) in [6, 6.07) is 7.81. The van der Waals surface area contributed by atoms with E-state index in [1.807, 2.05) is 37.5 Å². The molecule has 2 N–H and O–H groups in total. The van der Waals surface area contributed by atoms with Crippen molar-refractivity contribution in [1.29, 1.82) is 0 Å². The second kappa shape index (κ2) is 6.94. The average Bonchev–Trinajstić information content (AvgIpc) is 3.42. The molecule has 3 aromatic heterocycles. The SMILES string of the molecule is Cn1cc(-c2cccc(C3(C(=O)O)CCN(c4ncnc5[nH]cnc45)CC3)c2)cn1. The van der Waals surface area contributed by atoms with E-state index in [1.54, 1.807) is 17.2 Å². The zero-order valence-electron chi connectivity index (χ0n) is 16.5. The van der Waals surface area contributed by atoms with Gasteiger partial charge < -0.3 is 15.0 Å². The summed E-state index contributed by atoms with van der Waals surface area (Å²) in [5, 5.41) is 14.5. The van der Waals surface area contributed by atoms with E-state index < -0.39 is 11.4 Å². The molecule has 0 atom stereocenters. The highest BCUT2D eigenvalue weighted by molar-refractivity contribution is 5.85. The van der Waals surface area contributed by atoms with Crippen molar-refractivity contribution < 1.29 is 9.90 Å². The van der Waals surface area contributed by atoms with Crippen LogP contribution in [-0.2, 0) is 17.3 Å². The molecular weight excluding hydrogens is 382 g/mol. The molecule has 0 saturated carbocycles. The lowest BCUT2D eigenvalue weighted by Gasteiger charge is -2.39. The van der Waals surface area contributed by atoms with E-state index in [4.69, 9.17) is 0 Å².